The van der Waals surface area contributed by atoms with Gasteiger partial charge in [-0.1, -0.05) is 45.4 Å². The number of hydrogen-bond donors (Lipinski definition) is 1. The van der Waals surface area contributed by atoms with Gasteiger partial charge in [-0.2, -0.15) is 0 Å². The van der Waals surface area contributed by atoms with Crippen LogP contribution in [0.1, 0.15) is 87.5 Å². The monoisotopic (exact) mass is 476 g/mol. The highest BCUT2D eigenvalue weighted by molar-refractivity contribution is 5.19. The number of hydrogen-bond acceptors (Lipinski definition) is 5. The first-order valence-corrected chi connectivity index (χ1v) is 13.4. The summed E-state index contributed by atoms with van der Waals surface area (Å²) in [5.41, 5.74) is 1.76. The van der Waals surface area contributed by atoms with Gasteiger partial charge >= 0.3 is 0 Å². The molecule has 5 nitrogen and oxygen atoms in total. The molecule has 2 saturated heterocycles. The Morgan fingerprint density at radius 1 is 1.21 bits per heavy atom. The number of fused-ring (bicyclic) bond motifs is 2. The molecule has 0 radical (unpaired) electrons. The van der Waals surface area contributed by atoms with Gasteiger partial charge in [0.25, 0.3) is 0 Å². The molecule has 10 atom stereocenters. The van der Waals surface area contributed by atoms with E-state index in [1.807, 2.05) is 20.8 Å². The lowest BCUT2D eigenvalue weighted by Crippen LogP contribution is -2.60. The maximum absolute atomic E-state index is 11.1. The second-order valence-electron chi connectivity index (χ2n) is 12.8. The summed E-state index contributed by atoms with van der Waals surface area (Å²) in [6.07, 6.45) is 7.67. The molecule has 0 aromatic rings. The maximum atomic E-state index is 11.1. The van der Waals surface area contributed by atoms with Crippen molar-refractivity contribution in [3.05, 3.63) is 24.3 Å². The molecule has 4 aliphatic rings. The molecule has 2 aliphatic heterocycles. The summed E-state index contributed by atoms with van der Waals surface area (Å²) in [4.78, 5) is 0. The minimum Gasteiger partial charge on any atom is -0.385 e. The number of allylic oxidation sites excluding steroid dienone is 3. The average molecular weight is 477 g/mol. The minimum absolute atomic E-state index is 0.0175. The van der Waals surface area contributed by atoms with Crippen LogP contribution in [0.2, 0.25) is 0 Å². The van der Waals surface area contributed by atoms with E-state index in [-0.39, 0.29) is 29.1 Å². The summed E-state index contributed by atoms with van der Waals surface area (Å²) in [6.45, 7) is 21.6. The fourth-order valence-electron chi connectivity index (χ4n) is 7.61. The Morgan fingerprint density at radius 3 is 2.56 bits per heavy atom. The number of ether oxygens (including phenoxy) is 4. The molecular weight excluding hydrogens is 428 g/mol. The van der Waals surface area contributed by atoms with Crippen LogP contribution in [0.3, 0.4) is 0 Å². The molecule has 1 unspecified atom stereocenters. The molecule has 4 rings (SSSR count). The zero-order valence-electron chi connectivity index (χ0n) is 22.7. The Balaban J connectivity index is 1.50. The molecule has 34 heavy (non-hydrogen) atoms. The quantitative estimate of drug-likeness (QED) is 0.476. The smallest absolute Gasteiger partial charge is 0.186 e. The first kappa shape index (κ1) is 26.3. The summed E-state index contributed by atoms with van der Waals surface area (Å²) in [7, 11) is 0. The first-order chi connectivity index (χ1) is 15.8. The lowest BCUT2D eigenvalue weighted by atomic mass is 9.47. The van der Waals surface area contributed by atoms with Crippen molar-refractivity contribution in [2.75, 3.05) is 0 Å². The van der Waals surface area contributed by atoms with Crippen molar-refractivity contribution in [1.29, 1.82) is 0 Å². The van der Waals surface area contributed by atoms with E-state index < -0.39 is 24.3 Å². The van der Waals surface area contributed by atoms with Crippen molar-refractivity contribution < 1.29 is 24.1 Å². The molecule has 0 aromatic carbocycles. The topological polar surface area (TPSA) is 57.2 Å². The Bertz CT molecular complexity index is 787. The van der Waals surface area contributed by atoms with E-state index >= 15 is 0 Å². The zero-order chi connectivity index (χ0) is 25.1. The molecule has 3 fully saturated rings. The van der Waals surface area contributed by atoms with E-state index in [9.17, 15) is 5.11 Å². The second kappa shape index (κ2) is 9.30. The summed E-state index contributed by atoms with van der Waals surface area (Å²) in [5, 5.41) is 11.1. The zero-order valence-corrected chi connectivity index (χ0v) is 22.7. The third-order valence-electron chi connectivity index (χ3n) is 9.69. The van der Waals surface area contributed by atoms with Crippen molar-refractivity contribution in [3.63, 3.8) is 0 Å². The molecule has 1 saturated carbocycles. The first-order valence-electron chi connectivity index (χ1n) is 13.4. The minimum atomic E-state index is -0.867. The van der Waals surface area contributed by atoms with Gasteiger partial charge in [0.05, 0.1) is 12.2 Å². The molecule has 0 aromatic heterocycles. The van der Waals surface area contributed by atoms with E-state index in [2.05, 4.69) is 53.3 Å². The van der Waals surface area contributed by atoms with Gasteiger partial charge in [-0.05, 0) is 88.4 Å². The Kier molecular flexibility index (Phi) is 7.21. The summed E-state index contributed by atoms with van der Waals surface area (Å²) < 4.78 is 24.9. The molecule has 5 heteroatoms. The summed E-state index contributed by atoms with van der Waals surface area (Å²) in [6, 6.07) is 0. The number of rotatable bonds is 6. The van der Waals surface area contributed by atoms with Crippen LogP contribution in [0.25, 0.3) is 0 Å². The highest BCUT2D eigenvalue weighted by Crippen LogP contribution is 2.61. The lowest BCUT2D eigenvalue weighted by molar-refractivity contribution is -0.307. The van der Waals surface area contributed by atoms with Gasteiger partial charge in [0.15, 0.2) is 12.1 Å². The van der Waals surface area contributed by atoms with Crippen LogP contribution < -0.4 is 0 Å². The van der Waals surface area contributed by atoms with Gasteiger partial charge in [0, 0.05) is 0 Å². The fraction of sp³-hybridized carbons (Fsp3) is 0.862. The van der Waals surface area contributed by atoms with Crippen LogP contribution in [0.4, 0.5) is 0 Å². The van der Waals surface area contributed by atoms with E-state index in [0.717, 1.165) is 19.3 Å². The van der Waals surface area contributed by atoms with E-state index in [4.69, 9.17) is 18.9 Å². The van der Waals surface area contributed by atoms with Crippen molar-refractivity contribution in [2.24, 2.45) is 28.6 Å². The van der Waals surface area contributed by atoms with E-state index in [0.29, 0.717) is 17.8 Å². The van der Waals surface area contributed by atoms with Gasteiger partial charge in [-0.3, -0.25) is 0 Å². The molecule has 1 N–H and O–H groups in total. The lowest BCUT2D eigenvalue weighted by Gasteiger charge is -2.60. The number of aliphatic hydroxyl groups is 1. The molecule has 0 spiro atoms. The highest BCUT2D eigenvalue weighted by atomic mass is 16.8. The fourth-order valence-corrected chi connectivity index (χ4v) is 7.61. The van der Waals surface area contributed by atoms with Crippen molar-refractivity contribution in [1.82, 2.24) is 0 Å². The highest BCUT2D eigenvalue weighted by Gasteiger charge is 2.58. The van der Waals surface area contributed by atoms with Crippen LogP contribution >= 0.6 is 0 Å². The van der Waals surface area contributed by atoms with Gasteiger partial charge in [-0.25, -0.2) is 0 Å². The molecule has 0 amide bonds. The Labute approximate surface area is 207 Å². The SMILES string of the molecule is C=C[C@@H](C)CC[C@H]1C(C)=CC[C@H]2C(C)(C)C(O[C@@H]3O[C@H](C)[C@@H]4OC(C)(C)O[C@@H]4[C@H]3O)CC[C@]12C. The van der Waals surface area contributed by atoms with Crippen molar-refractivity contribution in [3.8, 4) is 0 Å². The van der Waals surface area contributed by atoms with Crippen LogP contribution in [0, 0.1) is 28.6 Å². The van der Waals surface area contributed by atoms with E-state index in [1.165, 1.54) is 12.8 Å². The Hall–Kier alpha value is -0.720. The molecular formula is C29H48O5. The largest absolute Gasteiger partial charge is 0.385 e. The third kappa shape index (κ3) is 4.56. The van der Waals surface area contributed by atoms with Crippen LogP contribution in [-0.4, -0.2) is 47.7 Å². The normalized spacial score (nSPS) is 46.2. The third-order valence-corrected chi connectivity index (χ3v) is 9.69. The molecule has 2 heterocycles. The van der Waals surface area contributed by atoms with Gasteiger partial charge in [-0.15, -0.1) is 6.58 Å². The molecule has 194 valence electrons. The van der Waals surface area contributed by atoms with Gasteiger partial charge in [0.2, 0.25) is 0 Å². The standard InChI is InChI=1S/C29H48O5/c1-10-17(2)11-13-20-18(3)12-14-21-27(5,6)22(15-16-29(20,21)9)32-26-23(30)25-24(19(4)31-26)33-28(7,8)34-25/h10,12,17,19-26,30H,1,11,13-16H2,2-9H3/t17-,19-,20+,21+,22?,23-,24+,25-,26+,29-/m1/s1. The van der Waals surface area contributed by atoms with Gasteiger partial charge in [0.1, 0.15) is 18.3 Å². The Morgan fingerprint density at radius 2 is 1.88 bits per heavy atom. The maximum Gasteiger partial charge on any atom is 0.186 e. The predicted molar refractivity (Wildman–Crippen MR) is 134 cm³/mol. The molecule has 2 aliphatic carbocycles. The average Bonchev–Trinajstić information content (AvgIpc) is 3.09. The van der Waals surface area contributed by atoms with Gasteiger partial charge < -0.3 is 24.1 Å². The predicted octanol–water partition coefficient (Wildman–Crippen LogP) is 6.01. The van der Waals surface area contributed by atoms with Crippen LogP contribution in [0.5, 0.6) is 0 Å². The summed E-state index contributed by atoms with van der Waals surface area (Å²) in [5.74, 6) is 0.936. The van der Waals surface area contributed by atoms with E-state index in [1.54, 1.807) is 5.57 Å². The van der Waals surface area contributed by atoms with Crippen LogP contribution in [-0.2, 0) is 18.9 Å². The van der Waals surface area contributed by atoms with Crippen molar-refractivity contribution >= 4 is 0 Å². The second-order valence-corrected chi connectivity index (χ2v) is 12.8. The van der Waals surface area contributed by atoms with Crippen molar-refractivity contribution in [2.45, 2.75) is 130 Å². The molecule has 0 bridgehead atoms. The van der Waals surface area contributed by atoms with Crippen LogP contribution in [0.15, 0.2) is 24.3 Å². The summed E-state index contributed by atoms with van der Waals surface area (Å²) >= 11 is 0. The number of aliphatic hydroxyl groups excluding tert-OH is 1.